The zero-order valence-electron chi connectivity index (χ0n) is 14.6. The van der Waals surface area contributed by atoms with E-state index in [1.54, 1.807) is 0 Å². The molecule has 0 spiro atoms. The Morgan fingerprint density at radius 3 is 2.50 bits per heavy atom. The topological polar surface area (TPSA) is 59.6 Å². The van der Waals surface area contributed by atoms with Gasteiger partial charge in [0.2, 0.25) is 0 Å². The van der Waals surface area contributed by atoms with Crippen LogP contribution in [0.4, 0.5) is 0 Å². The number of benzene rings is 2. The molecule has 0 aliphatic carbocycles. The highest BCUT2D eigenvalue weighted by atomic mass is 35.5. The quantitative estimate of drug-likeness (QED) is 0.779. The molecule has 0 radical (unpaired) electrons. The van der Waals surface area contributed by atoms with Crippen LogP contribution in [0.2, 0.25) is 0 Å². The van der Waals surface area contributed by atoms with E-state index in [4.69, 9.17) is 9.47 Å². The zero-order valence-corrected chi connectivity index (χ0v) is 15.4. The highest BCUT2D eigenvalue weighted by Crippen LogP contribution is 2.15. The smallest absolute Gasteiger partial charge is 0.251 e. The first-order chi connectivity index (χ1) is 12.3. The van der Waals surface area contributed by atoms with E-state index in [-0.39, 0.29) is 24.4 Å². The highest BCUT2D eigenvalue weighted by Gasteiger charge is 2.24. The van der Waals surface area contributed by atoms with Crippen molar-refractivity contribution in [3.8, 4) is 0 Å². The fraction of sp³-hybridized carbons (Fsp3) is 0.350. The van der Waals surface area contributed by atoms with Gasteiger partial charge in [-0.25, -0.2) is 0 Å². The van der Waals surface area contributed by atoms with Crippen molar-refractivity contribution in [1.29, 1.82) is 0 Å². The van der Waals surface area contributed by atoms with Crippen molar-refractivity contribution < 1.29 is 14.3 Å². The number of hydrogen-bond donors (Lipinski definition) is 2. The third-order valence-electron chi connectivity index (χ3n) is 4.13. The van der Waals surface area contributed by atoms with E-state index >= 15 is 0 Å². The SMILES string of the molecule is Cl.O=C(NC(COCc1ccccc1)c1ccccc1)C1CNCCO1. The first-order valence-corrected chi connectivity index (χ1v) is 8.62. The van der Waals surface area contributed by atoms with Gasteiger partial charge in [0.15, 0.2) is 0 Å². The van der Waals surface area contributed by atoms with Gasteiger partial charge in [-0.15, -0.1) is 12.4 Å². The summed E-state index contributed by atoms with van der Waals surface area (Å²) in [6.07, 6.45) is -0.450. The minimum atomic E-state index is -0.450. The summed E-state index contributed by atoms with van der Waals surface area (Å²) in [5.41, 5.74) is 2.13. The molecule has 2 unspecified atom stereocenters. The van der Waals surface area contributed by atoms with Gasteiger partial charge in [-0.1, -0.05) is 60.7 Å². The summed E-state index contributed by atoms with van der Waals surface area (Å²) < 4.78 is 11.4. The maximum Gasteiger partial charge on any atom is 0.251 e. The van der Waals surface area contributed by atoms with E-state index in [1.807, 2.05) is 60.7 Å². The number of halogens is 1. The average molecular weight is 377 g/mol. The lowest BCUT2D eigenvalue weighted by atomic mass is 10.1. The fourth-order valence-electron chi connectivity index (χ4n) is 2.77. The van der Waals surface area contributed by atoms with Crippen LogP contribution in [0, 0.1) is 0 Å². The van der Waals surface area contributed by atoms with Gasteiger partial charge in [-0.2, -0.15) is 0 Å². The lowest BCUT2D eigenvalue weighted by molar-refractivity contribution is -0.135. The number of amides is 1. The monoisotopic (exact) mass is 376 g/mol. The molecule has 0 bridgehead atoms. The summed E-state index contributed by atoms with van der Waals surface area (Å²) in [7, 11) is 0. The Morgan fingerprint density at radius 2 is 1.85 bits per heavy atom. The molecular weight excluding hydrogens is 352 g/mol. The van der Waals surface area contributed by atoms with E-state index in [0.29, 0.717) is 26.4 Å². The van der Waals surface area contributed by atoms with E-state index in [2.05, 4.69) is 10.6 Å². The van der Waals surface area contributed by atoms with Crippen LogP contribution < -0.4 is 10.6 Å². The van der Waals surface area contributed by atoms with E-state index in [9.17, 15) is 4.79 Å². The zero-order chi connectivity index (χ0) is 17.3. The molecule has 1 saturated heterocycles. The van der Waals surface area contributed by atoms with Gasteiger partial charge in [-0.05, 0) is 11.1 Å². The van der Waals surface area contributed by atoms with Crippen LogP contribution in [-0.4, -0.2) is 38.3 Å². The molecule has 26 heavy (non-hydrogen) atoms. The van der Waals surface area contributed by atoms with Crippen molar-refractivity contribution in [2.75, 3.05) is 26.3 Å². The lowest BCUT2D eigenvalue weighted by Crippen LogP contribution is -2.49. The highest BCUT2D eigenvalue weighted by molar-refractivity contribution is 5.85. The van der Waals surface area contributed by atoms with Crippen molar-refractivity contribution in [2.24, 2.45) is 0 Å². The molecule has 3 rings (SSSR count). The standard InChI is InChI=1S/C20H24N2O3.ClH/c23-20(19-13-21-11-12-25-19)22-18(17-9-5-2-6-10-17)15-24-14-16-7-3-1-4-8-16;/h1-10,18-19,21H,11-15H2,(H,22,23);1H. The predicted octanol–water partition coefficient (Wildman–Crippen LogP) is 2.47. The van der Waals surface area contributed by atoms with Gasteiger partial charge < -0.3 is 20.1 Å². The second-order valence-electron chi connectivity index (χ2n) is 6.04. The number of carbonyl (C=O) groups excluding carboxylic acids is 1. The Labute approximate surface area is 160 Å². The number of hydrogen-bond acceptors (Lipinski definition) is 4. The normalized spacial score (nSPS) is 17.8. The van der Waals surface area contributed by atoms with Crippen molar-refractivity contribution in [1.82, 2.24) is 10.6 Å². The van der Waals surface area contributed by atoms with Gasteiger partial charge in [0.05, 0.1) is 25.9 Å². The van der Waals surface area contributed by atoms with Crippen LogP contribution in [-0.2, 0) is 20.9 Å². The molecule has 1 heterocycles. The summed E-state index contributed by atoms with van der Waals surface area (Å²) in [5.74, 6) is -0.107. The van der Waals surface area contributed by atoms with Crippen LogP contribution in [0.25, 0.3) is 0 Å². The van der Waals surface area contributed by atoms with Crippen LogP contribution >= 0.6 is 12.4 Å². The maximum absolute atomic E-state index is 12.5. The van der Waals surface area contributed by atoms with E-state index in [0.717, 1.165) is 17.7 Å². The molecule has 1 fully saturated rings. The summed E-state index contributed by atoms with van der Waals surface area (Å²) in [4.78, 5) is 12.5. The van der Waals surface area contributed by atoms with Gasteiger partial charge in [-0.3, -0.25) is 4.79 Å². The summed E-state index contributed by atoms with van der Waals surface area (Å²) in [5, 5.41) is 6.24. The number of carbonyl (C=O) groups is 1. The molecule has 6 heteroatoms. The molecule has 5 nitrogen and oxygen atoms in total. The molecular formula is C20H25ClN2O3. The number of rotatable bonds is 7. The van der Waals surface area contributed by atoms with Crippen molar-refractivity contribution in [3.05, 3.63) is 71.8 Å². The third kappa shape index (κ3) is 6.11. The molecule has 1 aliphatic rings. The summed E-state index contributed by atoms with van der Waals surface area (Å²) in [6.45, 7) is 2.80. The minimum Gasteiger partial charge on any atom is -0.374 e. The van der Waals surface area contributed by atoms with Gasteiger partial charge >= 0.3 is 0 Å². The Bertz CT molecular complexity index is 649. The fourth-order valence-corrected chi connectivity index (χ4v) is 2.77. The molecule has 140 valence electrons. The first kappa shape index (κ1) is 20.4. The molecule has 0 saturated carbocycles. The summed E-state index contributed by atoms with van der Waals surface area (Å²) in [6, 6.07) is 19.7. The second-order valence-corrected chi connectivity index (χ2v) is 6.04. The number of nitrogens with one attached hydrogen (secondary N) is 2. The van der Waals surface area contributed by atoms with Crippen LogP contribution in [0.1, 0.15) is 17.2 Å². The Balaban J connectivity index is 0.00000243. The first-order valence-electron chi connectivity index (χ1n) is 8.62. The molecule has 1 aliphatic heterocycles. The molecule has 2 atom stereocenters. The van der Waals surface area contributed by atoms with Crippen LogP contribution in [0.15, 0.2) is 60.7 Å². The average Bonchev–Trinajstić information content (AvgIpc) is 2.69. The maximum atomic E-state index is 12.5. The summed E-state index contributed by atoms with van der Waals surface area (Å²) >= 11 is 0. The minimum absolute atomic E-state index is 0. The lowest BCUT2D eigenvalue weighted by Gasteiger charge is -2.26. The van der Waals surface area contributed by atoms with Crippen LogP contribution in [0.3, 0.4) is 0 Å². The predicted molar refractivity (Wildman–Crippen MR) is 103 cm³/mol. The Kier molecular flexibility index (Phi) is 8.58. The van der Waals surface area contributed by atoms with Crippen molar-refractivity contribution in [2.45, 2.75) is 18.8 Å². The van der Waals surface area contributed by atoms with Gasteiger partial charge in [0, 0.05) is 13.1 Å². The van der Waals surface area contributed by atoms with E-state index in [1.165, 1.54) is 0 Å². The largest absolute Gasteiger partial charge is 0.374 e. The van der Waals surface area contributed by atoms with Crippen molar-refractivity contribution in [3.63, 3.8) is 0 Å². The van der Waals surface area contributed by atoms with Gasteiger partial charge in [0.25, 0.3) is 5.91 Å². The molecule has 2 aromatic carbocycles. The number of ether oxygens (including phenoxy) is 2. The Morgan fingerprint density at radius 1 is 1.15 bits per heavy atom. The van der Waals surface area contributed by atoms with Crippen LogP contribution in [0.5, 0.6) is 0 Å². The number of morpholine rings is 1. The third-order valence-corrected chi connectivity index (χ3v) is 4.13. The molecule has 0 aromatic heterocycles. The molecule has 2 aromatic rings. The van der Waals surface area contributed by atoms with Gasteiger partial charge in [0.1, 0.15) is 6.10 Å². The van der Waals surface area contributed by atoms with Crippen molar-refractivity contribution >= 4 is 18.3 Å². The Hall–Kier alpha value is -1.92. The molecule has 2 N–H and O–H groups in total. The second kappa shape index (κ2) is 10.9. The van der Waals surface area contributed by atoms with E-state index < -0.39 is 6.10 Å². The molecule has 1 amide bonds.